The lowest BCUT2D eigenvalue weighted by Crippen LogP contribution is -2.40. The first-order valence-electron chi connectivity index (χ1n) is 8.83. The molecule has 1 unspecified atom stereocenters. The summed E-state index contributed by atoms with van der Waals surface area (Å²) in [7, 11) is 0. The van der Waals surface area contributed by atoms with Crippen molar-refractivity contribution in [3.8, 4) is 0 Å². The Hall–Kier alpha value is -1.06. The molecule has 1 amide bonds. The molecule has 0 aromatic heterocycles. The number of hydrogen-bond acceptors (Lipinski definition) is 2. The van der Waals surface area contributed by atoms with Gasteiger partial charge < -0.3 is 10.6 Å². The molecule has 4 heteroatoms. The molecular weight excluding hydrogens is 308 g/mol. The summed E-state index contributed by atoms with van der Waals surface area (Å²) in [6, 6.07) is 8.05. The average molecular weight is 337 g/mol. The second kappa shape index (κ2) is 8.70. The topological polar surface area (TPSA) is 41.1 Å². The summed E-state index contributed by atoms with van der Waals surface area (Å²) in [5, 5.41) is 7.28. The van der Waals surface area contributed by atoms with Crippen molar-refractivity contribution in [2.24, 2.45) is 5.92 Å². The van der Waals surface area contributed by atoms with Crippen LogP contribution < -0.4 is 10.6 Å². The van der Waals surface area contributed by atoms with Gasteiger partial charge in [0.2, 0.25) is 5.91 Å². The zero-order valence-electron chi connectivity index (χ0n) is 14.3. The van der Waals surface area contributed by atoms with Gasteiger partial charge in [0.15, 0.2) is 0 Å². The maximum atomic E-state index is 12.2. The Morgan fingerprint density at radius 2 is 2.00 bits per heavy atom. The monoisotopic (exact) mass is 336 g/mol. The molecule has 0 aliphatic carbocycles. The number of carbonyl (C=O) groups is 1. The lowest BCUT2D eigenvalue weighted by Gasteiger charge is -2.33. The zero-order chi connectivity index (χ0) is 16.7. The highest BCUT2D eigenvalue weighted by atomic mass is 35.5. The van der Waals surface area contributed by atoms with Gasteiger partial charge in [-0.15, -0.1) is 0 Å². The molecule has 2 N–H and O–H groups in total. The summed E-state index contributed by atoms with van der Waals surface area (Å²) in [5.74, 6) is 0.844. The fourth-order valence-electron chi connectivity index (χ4n) is 3.47. The summed E-state index contributed by atoms with van der Waals surface area (Å²) >= 11 is 6.00. The van der Waals surface area contributed by atoms with Crippen LogP contribution in [0, 0.1) is 5.92 Å². The normalized spacial score (nSPS) is 18.1. The molecule has 1 aromatic carbocycles. The van der Waals surface area contributed by atoms with Gasteiger partial charge in [-0.05, 0) is 62.4 Å². The van der Waals surface area contributed by atoms with E-state index in [0.29, 0.717) is 18.9 Å². The Morgan fingerprint density at radius 1 is 1.30 bits per heavy atom. The summed E-state index contributed by atoms with van der Waals surface area (Å²) in [6.07, 6.45) is 4.82. The van der Waals surface area contributed by atoms with Crippen molar-refractivity contribution in [2.45, 2.75) is 51.4 Å². The van der Waals surface area contributed by atoms with Crippen molar-refractivity contribution < 1.29 is 4.79 Å². The number of benzene rings is 1. The van der Waals surface area contributed by atoms with Gasteiger partial charge in [0.1, 0.15) is 0 Å². The first kappa shape index (κ1) is 18.3. The molecular formula is C19H29ClN2O. The van der Waals surface area contributed by atoms with Crippen molar-refractivity contribution >= 4 is 17.5 Å². The molecule has 2 rings (SSSR count). The largest absolute Gasteiger partial charge is 0.355 e. The molecule has 1 saturated heterocycles. The maximum absolute atomic E-state index is 12.2. The smallest absolute Gasteiger partial charge is 0.220 e. The predicted molar refractivity (Wildman–Crippen MR) is 96.9 cm³/mol. The van der Waals surface area contributed by atoms with E-state index < -0.39 is 0 Å². The first-order valence-corrected chi connectivity index (χ1v) is 9.21. The molecule has 1 atom stereocenters. The number of nitrogens with one attached hydrogen (secondary N) is 2. The van der Waals surface area contributed by atoms with Crippen LogP contribution in [-0.2, 0) is 10.2 Å². The van der Waals surface area contributed by atoms with Crippen molar-refractivity contribution in [3.05, 3.63) is 34.9 Å². The van der Waals surface area contributed by atoms with Crippen LogP contribution in [0.3, 0.4) is 0 Å². The Balaban J connectivity index is 1.90. The Kier molecular flexibility index (Phi) is 6.91. The van der Waals surface area contributed by atoms with Crippen LogP contribution in [0.1, 0.15) is 51.5 Å². The number of hydrogen-bond donors (Lipinski definition) is 2. The van der Waals surface area contributed by atoms with Crippen molar-refractivity contribution in [3.63, 3.8) is 0 Å². The van der Waals surface area contributed by atoms with Gasteiger partial charge in [0.25, 0.3) is 0 Å². The summed E-state index contributed by atoms with van der Waals surface area (Å²) in [5.41, 5.74) is 1.25. The van der Waals surface area contributed by atoms with E-state index in [1.54, 1.807) is 0 Å². The standard InChI is InChI=1S/C19H29ClN2O/c1-3-19(4-2,16-6-8-17(20)9-7-16)14-22-18(23)10-5-15-11-12-21-13-15/h6-9,15,21H,3-5,10-14H2,1-2H3,(H,22,23). The third-order valence-corrected chi connectivity index (χ3v) is 5.63. The summed E-state index contributed by atoms with van der Waals surface area (Å²) in [6.45, 7) is 7.23. The van der Waals surface area contributed by atoms with E-state index in [2.05, 4.69) is 36.6 Å². The van der Waals surface area contributed by atoms with E-state index >= 15 is 0 Å². The van der Waals surface area contributed by atoms with Crippen molar-refractivity contribution in [1.82, 2.24) is 10.6 Å². The molecule has 1 heterocycles. The third-order valence-electron chi connectivity index (χ3n) is 5.38. The highest BCUT2D eigenvalue weighted by molar-refractivity contribution is 6.30. The van der Waals surface area contributed by atoms with Crippen LogP contribution in [0.15, 0.2) is 24.3 Å². The van der Waals surface area contributed by atoms with E-state index in [1.165, 1.54) is 12.0 Å². The number of halogens is 1. The third kappa shape index (κ3) is 4.95. The molecule has 0 bridgehead atoms. The van der Waals surface area contributed by atoms with Crippen molar-refractivity contribution in [2.75, 3.05) is 19.6 Å². The molecule has 0 spiro atoms. The molecule has 0 saturated carbocycles. The van der Waals surface area contributed by atoms with Crippen LogP contribution >= 0.6 is 11.6 Å². The summed E-state index contributed by atoms with van der Waals surface area (Å²) in [4.78, 5) is 12.2. The van der Waals surface area contributed by atoms with E-state index in [9.17, 15) is 4.79 Å². The van der Waals surface area contributed by atoms with Crippen LogP contribution in [0.4, 0.5) is 0 Å². The molecule has 3 nitrogen and oxygen atoms in total. The van der Waals surface area contributed by atoms with Gasteiger partial charge in [-0.25, -0.2) is 0 Å². The van der Waals surface area contributed by atoms with Gasteiger partial charge in [0, 0.05) is 23.4 Å². The average Bonchev–Trinajstić information content (AvgIpc) is 3.09. The molecule has 1 aliphatic heterocycles. The molecule has 1 aliphatic rings. The van der Waals surface area contributed by atoms with Gasteiger partial charge in [-0.2, -0.15) is 0 Å². The molecule has 0 radical (unpaired) electrons. The molecule has 1 fully saturated rings. The second-order valence-electron chi connectivity index (χ2n) is 6.67. The SMILES string of the molecule is CCC(CC)(CNC(=O)CCC1CCNC1)c1ccc(Cl)cc1. The van der Waals surface area contributed by atoms with E-state index in [0.717, 1.165) is 37.4 Å². The van der Waals surface area contributed by atoms with Crippen LogP contribution in [0.5, 0.6) is 0 Å². The summed E-state index contributed by atoms with van der Waals surface area (Å²) < 4.78 is 0. The highest BCUT2D eigenvalue weighted by Crippen LogP contribution is 2.32. The quantitative estimate of drug-likeness (QED) is 0.755. The maximum Gasteiger partial charge on any atom is 0.220 e. The van der Waals surface area contributed by atoms with Gasteiger partial charge in [-0.1, -0.05) is 37.6 Å². The minimum Gasteiger partial charge on any atom is -0.355 e. The number of amides is 1. The van der Waals surface area contributed by atoms with Crippen LogP contribution in [0.25, 0.3) is 0 Å². The van der Waals surface area contributed by atoms with E-state index in [4.69, 9.17) is 11.6 Å². The second-order valence-corrected chi connectivity index (χ2v) is 7.10. The Bertz CT molecular complexity index is 491. The molecule has 128 valence electrons. The first-order chi connectivity index (χ1) is 11.1. The lowest BCUT2D eigenvalue weighted by atomic mass is 9.76. The number of rotatable bonds is 8. The lowest BCUT2D eigenvalue weighted by molar-refractivity contribution is -0.121. The fourth-order valence-corrected chi connectivity index (χ4v) is 3.59. The van der Waals surface area contributed by atoms with Crippen LogP contribution in [-0.4, -0.2) is 25.5 Å². The predicted octanol–water partition coefficient (Wildman–Crippen LogP) is 3.90. The Morgan fingerprint density at radius 3 is 2.57 bits per heavy atom. The van der Waals surface area contributed by atoms with E-state index in [-0.39, 0.29) is 11.3 Å². The minimum absolute atomic E-state index is 0.00480. The van der Waals surface area contributed by atoms with E-state index in [1.807, 2.05) is 12.1 Å². The number of carbonyl (C=O) groups excluding carboxylic acids is 1. The minimum atomic E-state index is -0.00480. The molecule has 1 aromatic rings. The van der Waals surface area contributed by atoms with Gasteiger partial charge >= 0.3 is 0 Å². The Labute approximate surface area is 145 Å². The fraction of sp³-hybridized carbons (Fsp3) is 0.632. The van der Waals surface area contributed by atoms with Gasteiger partial charge in [0.05, 0.1) is 0 Å². The molecule has 23 heavy (non-hydrogen) atoms. The zero-order valence-corrected chi connectivity index (χ0v) is 15.1. The van der Waals surface area contributed by atoms with Crippen LogP contribution in [0.2, 0.25) is 5.02 Å². The van der Waals surface area contributed by atoms with Crippen molar-refractivity contribution in [1.29, 1.82) is 0 Å². The van der Waals surface area contributed by atoms with Gasteiger partial charge in [-0.3, -0.25) is 4.79 Å². The highest BCUT2D eigenvalue weighted by Gasteiger charge is 2.29.